The monoisotopic (exact) mass is 433 g/mol. The molecule has 1 aromatic heterocycles. The summed E-state index contributed by atoms with van der Waals surface area (Å²) in [7, 11) is 3.18. The lowest BCUT2D eigenvalue weighted by atomic mass is 9.94. The first-order chi connectivity index (χ1) is 14.3. The predicted molar refractivity (Wildman–Crippen MR) is 116 cm³/mol. The molecule has 162 valence electrons. The first-order valence-corrected chi connectivity index (χ1v) is 11.0. The summed E-state index contributed by atoms with van der Waals surface area (Å²) in [5.41, 5.74) is 0.876. The molecule has 1 fully saturated rings. The topological polar surface area (TPSA) is 94.6 Å². The Morgan fingerprint density at radius 1 is 1.23 bits per heavy atom. The van der Waals surface area contributed by atoms with Crippen molar-refractivity contribution in [3.63, 3.8) is 0 Å². The number of thioether (sulfide) groups is 1. The molecule has 2 aliphatic heterocycles. The lowest BCUT2D eigenvalue weighted by Gasteiger charge is -2.36. The average Bonchev–Trinajstić information content (AvgIpc) is 2.92. The normalized spacial score (nSPS) is 23.3. The molecule has 9 heteroatoms. The molecule has 4 rings (SSSR count). The van der Waals surface area contributed by atoms with Gasteiger partial charge < -0.3 is 19.5 Å². The van der Waals surface area contributed by atoms with Crippen LogP contribution in [0.2, 0.25) is 0 Å². The van der Waals surface area contributed by atoms with Crippen molar-refractivity contribution in [2.24, 2.45) is 0 Å². The smallest absolute Gasteiger partial charge is 0.270 e. The van der Waals surface area contributed by atoms with Crippen LogP contribution in [0.25, 0.3) is 0 Å². The van der Waals surface area contributed by atoms with E-state index in [1.165, 1.54) is 11.8 Å². The lowest BCUT2D eigenvalue weighted by Crippen LogP contribution is -2.36. The third-order valence-electron chi connectivity index (χ3n) is 5.62. The van der Waals surface area contributed by atoms with Crippen LogP contribution in [0.5, 0.6) is 11.5 Å². The minimum absolute atomic E-state index is 0.0343. The summed E-state index contributed by atoms with van der Waals surface area (Å²) in [6, 6.07) is 5.56. The zero-order valence-corrected chi connectivity index (χ0v) is 18.4. The number of anilines is 1. The molecule has 8 nitrogen and oxygen atoms in total. The number of nitrogens with zero attached hydrogens (tertiary/aromatic N) is 1. The van der Waals surface area contributed by atoms with Crippen LogP contribution in [0.15, 0.2) is 23.0 Å². The molecule has 1 aromatic carbocycles. The molecule has 0 unspecified atom stereocenters. The van der Waals surface area contributed by atoms with Gasteiger partial charge in [-0.25, -0.2) is 0 Å². The predicted octanol–water partition coefficient (Wildman–Crippen LogP) is 3.10. The quantitative estimate of drug-likeness (QED) is 0.770. The highest BCUT2D eigenvalue weighted by molar-refractivity contribution is 8.00. The Morgan fingerprint density at radius 2 is 2.03 bits per heavy atom. The minimum atomic E-state index is -0.349. The maximum Gasteiger partial charge on any atom is 0.270 e. The van der Waals surface area contributed by atoms with E-state index >= 15 is 0 Å². The summed E-state index contributed by atoms with van der Waals surface area (Å²) in [4.78, 5) is 25.6. The Morgan fingerprint density at radius 3 is 2.73 bits per heavy atom. The maximum absolute atomic E-state index is 13.1. The Kier molecular flexibility index (Phi) is 5.59. The molecule has 2 aliphatic rings. The van der Waals surface area contributed by atoms with Crippen LogP contribution in [0.1, 0.15) is 49.1 Å². The van der Waals surface area contributed by atoms with Crippen LogP contribution in [0.3, 0.4) is 0 Å². The van der Waals surface area contributed by atoms with E-state index < -0.39 is 0 Å². The van der Waals surface area contributed by atoms with Gasteiger partial charge in [0.25, 0.3) is 5.56 Å². The van der Waals surface area contributed by atoms with Crippen LogP contribution >= 0.6 is 11.8 Å². The first kappa shape index (κ1) is 20.9. The number of aromatic nitrogens is 2. The molecule has 2 atom stereocenters. The molecule has 0 bridgehead atoms. The standard InChI is InChI=1S/C21H27N3O5S/c1-21(2)10-12(7-8-29-21)24-19-17(20(26)23-24)18(30-11-16(25)22-19)14-6-5-13(27-3)9-15(14)28-4/h5-6,9,12,18H,7-8,10-11H2,1-4H3,(H,22,25)(H,23,26)/t12-,18+/m1/s1. The molecular formula is C21H27N3O5S. The molecule has 0 saturated carbocycles. The van der Waals surface area contributed by atoms with Gasteiger partial charge in [0.15, 0.2) is 0 Å². The Bertz CT molecular complexity index is 1010. The van der Waals surface area contributed by atoms with Crippen LogP contribution in [-0.2, 0) is 9.53 Å². The molecule has 0 aliphatic carbocycles. The molecular weight excluding hydrogens is 406 g/mol. The number of hydrogen-bond acceptors (Lipinski definition) is 6. The van der Waals surface area contributed by atoms with Gasteiger partial charge in [0.2, 0.25) is 5.91 Å². The number of aromatic amines is 1. The second-order valence-corrected chi connectivity index (χ2v) is 9.27. The van der Waals surface area contributed by atoms with Crippen molar-refractivity contribution in [1.29, 1.82) is 0 Å². The molecule has 1 saturated heterocycles. The van der Waals surface area contributed by atoms with Gasteiger partial charge >= 0.3 is 0 Å². The fourth-order valence-corrected chi connectivity index (χ4v) is 5.37. The summed E-state index contributed by atoms with van der Waals surface area (Å²) < 4.78 is 18.5. The fourth-order valence-electron chi connectivity index (χ4n) is 4.22. The number of fused-ring (bicyclic) bond motifs is 1. The van der Waals surface area contributed by atoms with Gasteiger partial charge in [0, 0.05) is 18.2 Å². The molecule has 30 heavy (non-hydrogen) atoms. The zero-order chi connectivity index (χ0) is 21.5. The van der Waals surface area contributed by atoms with Crippen LogP contribution < -0.4 is 20.3 Å². The molecule has 2 N–H and O–H groups in total. The van der Waals surface area contributed by atoms with Crippen LogP contribution in [-0.4, -0.2) is 47.9 Å². The van der Waals surface area contributed by atoms with Gasteiger partial charge in [-0.05, 0) is 32.8 Å². The molecule has 1 amide bonds. The van der Waals surface area contributed by atoms with Gasteiger partial charge in [-0.3, -0.25) is 19.4 Å². The molecule has 3 heterocycles. The van der Waals surface area contributed by atoms with Crippen molar-refractivity contribution < 1.29 is 19.0 Å². The second-order valence-electron chi connectivity index (χ2n) is 8.18. The highest BCUT2D eigenvalue weighted by Gasteiger charge is 2.36. The van der Waals surface area contributed by atoms with Crippen molar-refractivity contribution >= 4 is 23.5 Å². The van der Waals surface area contributed by atoms with E-state index in [0.29, 0.717) is 29.5 Å². The number of ether oxygens (including phenoxy) is 3. The number of carbonyl (C=O) groups excluding carboxylic acids is 1. The van der Waals surface area contributed by atoms with Gasteiger partial charge in [0.05, 0.1) is 42.4 Å². The van der Waals surface area contributed by atoms with Crippen LogP contribution in [0.4, 0.5) is 5.82 Å². The molecule has 0 spiro atoms. The van der Waals surface area contributed by atoms with Gasteiger partial charge in [0.1, 0.15) is 17.3 Å². The highest BCUT2D eigenvalue weighted by atomic mass is 32.2. The van der Waals surface area contributed by atoms with E-state index in [4.69, 9.17) is 14.2 Å². The summed E-state index contributed by atoms with van der Waals surface area (Å²) in [5, 5.41) is 5.60. The van der Waals surface area contributed by atoms with Crippen molar-refractivity contribution in [2.45, 2.75) is 43.6 Å². The number of nitrogens with one attached hydrogen (secondary N) is 2. The number of benzene rings is 1. The second kappa shape index (κ2) is 8.03. The van der Waals surface area contributed by atoms with E-state index in [1.54, 1.807) is 20.3 Å². The fraction of sp³-hybridized carbons (Fsp3) is 0.524. The third kappa shape index (κ3) is 3.83. The van der Waals surface area contributed by atoms with E-state index in [9.17, 15) is 9.59 Å². The number of amides is 1. The van der Waals surface area contributed by atoms with Crippen LogP contribution in [0, 0.1) is 0 Å². The largest absolute Gasteiger partial charge is 0.497 e. The van der Waals surface area contributed by atoms with Gasteiger partial charge in [-0.2, -0.15) is 0 Å². The van der Waals surface area contributed by atoms with E-state index in [0.717, 1.165) is 18.4 Å². The summed E-state index contributed by atoms with van der Waals surface area (Å²) in [6.07, 6.45) is 1.50. The number of hydrogen-bond donors (Lipinski definition) is 2. The Labute approximate surface area is 179 Å². The summed E-state index contributed by atoms with van der Waals surface area (Å²) in [6.45, 7) is 4.68. The van der Waals surface area contributed by atoms with Crippen molar-refractivity contribution in [3.05, 3.63) is 39.7 Å². The summed E-state index contributed by atoms with van der Waals surface area (Å²) in [5.74, 6) is 1.94. The maximum atomic E-state index is 13.1. The number of methoxy groups -OCH3 is 2. The van der Waals surface area contributed by atoms with Gasteiger partial charge in [-0.1, -0.05) is 6.07 Å². The minimum Gasteiger partial charge on any atom is -0.497 e. The Balaban J connectivity index is 1.82. The molecule has 0 radical (unpaired) electrons. The van der Waals surface area contributed by atoms with Crippen molar-refractivity contribution in [2.75, 3.05) is 31.9 Å². The third-order valence-corrected chi connectivity index (χ3v) is 6.87. The van der Waals surface area contributed by atoms with E-state index in [2.05, 4.69) is 10.4 Å². The van der Waals surface area contributed by atoms with Crippen molar-refractivity contribution in [3.8, 4) is 11.5 Å². The number of rotatable bonds is 4. The van der Waals surface area contributed by atoms with Gasteiger partial charge in [-0.15, -0.1) is 11.8 Å². The lowest BCUT2D eigenvalue weighted by molar-refractivity contribution is -0.113. The van der Waals surface area contributed by atoms with E-state index in [-0.39, 0.29) is 34.1 Å². The average molecular weight is 434 g/mol. The zero-order valence-electron chi connectivity index (χ0n) is 17.6. The highest BCUT2D eigenvalue weighted by Crippen LogP contribution is 2.45. The summed E-state index contributed by atoms with van der Waals surface area (Å²) >= 11 is 1.41. The molecule has 2 aromatic rings. The van der Waals surface area contributed by atoms with Crippen molar-refractivity contribution in [1.82, 2.24) is 9.78 Å². The number of carbonyl (C=O) groups is 1. The SMILES string of the molecule is COc1ccc([C@@H]2SCC(=O)Nc3c2c(=O)[nH]n3[C@@H]2CCOC(C)(C)C2)c(OC)c1. The number of H-pyrrole nitrogens is 1. The first-order valence-electron chi connectivity index (χ1n) is 9.94. The Hall–Kier alpha value is -2.39. The van der Waals surface area contributed by atoms with E-state index in [1.807, 2.05) is 30.7 Å².